The third-order valence-electron chi connectivity index (χ3n) is 2.52. The molecule has 0 fully saturated rings. The number of ether oxygens (including phenoxy) is 2. The van der Waals surface area contributed by atoms with Crippen LogP contribution in [-0.2, 0) is 4.79 Å². The zero-order chi connectivity index (χ0) is 13.2. The number of hydrogen-bond donors (Lipinski definition) is 0. The first kappa shape index (κ1) is 15.0. The van der Waals surface area contributed by atoms with Crippen LogP contribution in [0.1, 0.15) is 25.7 Å². The summed E-state index contributed by atoms with van der Waals surface area (Å²) in [5.41, 5.74) is 0. The number of hydrogen-bond acceptors (Lipinski definition) is 3. The van der Waals surface area contributed by atoms with Gasteiger partial charge in [0.05, 0.1) is 13.7 Å². The SMILES string of the molecule is COc1ccc(OCCCC(=O)CCCBr)cc1. The molecule has 100 valence electrons. The molecule has 0 aliphatic carbocycles. The van der Waals surface area contributed by atoms with Gasteiger partial charge in [-0.1, -0.05) is 15.9 Å². The lowest BCUT2D eigenvalue weighted by Gasteiger charge is -2.06. The molecule has 0 N–H and O–H groups in total. The Labute approximate surface area is 117 Å². The molecule has 0 saturated carbocycles. The highest BCUT2D eigenvalue weighted by molar-refractivity contribution is 9.09. The Morgan fingerprint density at radius 3 is 2.33 bits per heavy atom. The molecule has 1 aromatic rings. The summed E-state index contributed by atoms with van der Waals surface area (Å²) in [6, 6.07) is 7.45. The van der Waals surface area contributed by atoms with Crippen molar-refractivity contribution in [3.8, 4) is 11.5 Å². The molecule has 1 aromatic carbocycles. The van der Waals surface area contributed by atoms with Crippen LogP contribution in [0.4, 0.5) is 0 Å². The highest BCUT2D eigenvalue weighted by atomic mass is 79.9. The van der Waals surface area contributed by atoms with Crippen LogP contribution in [0.5, 0.6) is 11.5 Å². The molecule has 0 heterocycles. The van der Waals surface area contributed by atoms with Crippen molar-refractivity contribution in [1.29, 1.82) is 0 Å². The minimum absolute atomic E-state index is 0.313. The molecule has 0 saturated heterocycles. The Kier molecular flexibility index (Phi) is 7.49. The highest BCUT2D eigenvalue weighted by Gasteiger charge is 2.01. The number of halogens is 1. The number of Topliss-reactive ketones (excluding diaryl/α,β-unsaturated/α-hetero) is 1. The molecular weight excluding hydrogens is 296 g/mol. The second kappa shape index (κ2) is 8.97. The van der Waals surface area contributed by atoms with Crippen LogP contribution in [0.3, 0.4) is 0 Å². The molecule has 0 unspecified atom stereocenters. The Balaban J connectivity index is 2.15. The zero-order valence-corrected chi connectivity index (χ0v) is 12.2. The van der Waals surface area contributed by atoms with Gasteiger partial charge in [-0.05, 0) is 37.1 Å². The number of benzene rings is 1. The van der Waals surface area contributed by atoms with E-state index < -0.39 is 0 Å². The first-order valence-corrected chi connectivity index (χ1v) is 7.23. The minimum atomic E-state index is 0.313. The average molecular weight is 315 g/mol. The number of carbonyl (C=O) groups is 1. The van der Waals surface area contributed by atoms with Gasteiger partial charge in [0.25, 0.3) is 0 Å². The van der Waals surface area contributed by atoms with E-state index in [0.29, 0.717) is 25.2 Å². The van der Waals surface area contributed by atoms with Crippen molar-refractivity contribution in [3.63, 3.8) is 0 Å². The third kappa shape index (κ3) is 6.05. The summed E-state index contributed by atoms with van der Waals surface area (Å²) in [5, 5.41) is 0.890. The van der Waals surface area contributed by atoms with Crippen molar-refractivity contribution >= 4 is 21.7 Å². The summed E-state index contributed by atoms with van der Waals surface area (Å²) in [6.07, 6.45) is 2.95. The summed E-state index contributed by atoms with van der Waals surface area (Å²) in [6.45, 7) is 0.576. The average Bonchev–Trinajstić information content (AvgIpc) is 2.42. The van der Waals surface area contributed by atoms with Crippen LogP contribution in [0.2, 0.25) is 0 Å². The van der Waals surface area contributed by atoms with E-state index >= 15 is 0 Å². The molecule has 0 aliphatic heterocycles. The van der Waals surface area contributed by atoms with Crippen LogP contribution < -0.4 is 9.47 Å². The van der Waals surface area contributed by atoms with Crippen LogP contribution in [-0.4, -0.2) is 24.8 Å². The second-order valence-electron chi connectivity index (χ2n) is 3.96. The lowest BCUT2D eigenvalue weighted by atomic mass is 10.1. The maximum Gasteiger partial charge on any atom is 0.133 e. The maximum atomic E-state index is 11.4. The monoisotopic (exact) mass is 314 g/mol. The molecule has 18 heavy (non-hydrogen) atoms. The first-order chi connectivity index (χ1) is 8.76. The Morgan fingerprint density at radius 1 is 1.11 bits per heavy atom. The third-order valence-corrected chi connectivity index (χ3v) is 3.08. The zero-order valence-electron chi connectivity index (χ0n) is 10.7. The Hall–Kier alpha value is -1.03. The molecule has 0 amide bonds. The van der Waals surface area contributed by atoms with Crippen molar-refractivity contribution < 1.29 is 14.3 Å². The predicted octanol–water partition coefficient (Wildman–Crippen LogP) is 3.60. The van der Waals surface area contributed by atoms with Crippen molar-refractivity contribution in [2.24, 2.45) is 0 Å². The van der Waals surface area contributed by atoms with E-state index in [2.05, 4.69) is 15.9 Å². The van der Waals surface area contributed by atoms with E-state index in [4.69, 9.17) is 9.47 Å². The number of ketones is 1. The van der Waals surface area contributed by atoms with Crippen LogP contribution >= 0.6 is 15.9 Å². The van der Waals surface area contributed by atoms with Gasteiger partial charge >= 0.3 is 0 Å². The number of alkyl halides is 1. The molecule has 0 aromatic heterocycles. The lowest BCUT2D eigenvalue weighted by Crippen LogP contribution is -2.03. The second-order valence-corrected chi connectivity index (χ2v) is 4.75. The number of rotatable bonds is 9. The van der Waals surface area contributed by atoms with Gasteiger partial charge in [0, 0.05) is 18.2 Å². The number of carbonyl (C=O) groups excluding carboxylic acids is 1. The fourth-order valence-electron chi connectivity index (χ4n) is 1.52. The molecule has 0 atom stereocenters. The first-order valence-electron chi connectivity index (χ1n) is 6.11. The molecule has 0 radical (unpaired) electrons. The van der Waals surface area contributed by atoms with Crippen molar-refractivity contribution in [1.82, 2.24) is 0 Å². The standard InChI is InChI=1S/C14H19BrO3/c1-17-13-6-8-14(9-7-13)18-11-3-5-12(16)4-2-10-15/h6-9H,2-5,10-11H2,1H3. The van der Waals surface area contributed by atoms with Gasteiger partial charge in [-0.3, -0.25) is 4.79 Å². The topological polar surface area (TPSA) is 35.5 Å². The fourth-order valence-corrected chi connectivity index (χ4v) is 1.80. The molecule has 0 spiro atoms. The lowest BCUT2D eigenvalue weighted by molar-refractivity contribution is -0.119. The van der Waals surface area contributed by atoms with Crippen LogP contribution in [0, 0.1) is 0 Å². The summed E-state index contributed by atoms with van der Waals surface area (Å²) >= 11 is 3.31. The summed E-state index contributed by atoms with van der Waals surface area (Å²) in [4.78, 5) is 11.4. The molecular formula is C14H19BrO3. The van der Waals surface area contributed by atoms with E-state index in [1.807, 2.05) is 24.3 Å². The number of methoxy groups -OCH3 is 1. The van der Waals surface area contributed by atoms with Gasteiger partial charge in [-0.25, -0.2) is 0 Å². The summed E-state index contributed by atoms with van der Waals surface area (Å²) in [5.74, 6) is 1.93. The van der Waals surface area contributed by atoms with Gasteiger partial charge in [-0.15, -0.1) is 0 Å². The van der Waals surface area contributed by atoms with Gasteiger partial charge in [0.15, 0.2) is 0 Å². The largest absolute Gasteiger partial charge is 0.497 e. The van der Waals surface area contributed by atoms with Gasteiger partial charge in [0.1, 0.15) is 17.3 Å². The van der Waals surface area contributed by atoms with Gasteiger partial charge < -0.3 is 9.47 Å². The minimum Gasteiger partial charge on any atom is -0.497 e. The molecule has 4 heteroatoms. The molecule has 0 bridgehead atoms. The van der Waals surface area contributed by atoms with E-state index in [0.717, 1.165) is 29.7 Å². The predicted molar refractivity (Wildman–Crippen MR) is 75.8 cm³/mol. The van der Waals surface area contributed by atoms with Crippen molar-refractivity contribution in [2.45, 2.75) is 25.7 Å². The molecule has 3 nitrogen and oxygen atoms in total. The Bertz CT molecular complexity index is 349. The molecule has 1 rings (SSSR count). The van der Waals surface area contributed by atoms with Crippen LogP contribution in [0.15, 0.2) is 24.3 Å². The van der Waals surface area contributed by atoms with Crippen molar-refractivity contribution in [3.05, 3.63) is 24.3 Å². The van der Waals surface area contributed by atoms with E-state index in [1.54, 1.807) is 7.11 Å². The van der Waals surface area contributed by atoms with E-state index in [9.17, 15) is 4.79 Å². The van der Waals surface area contributed by atoms with Gasteiger partial charge in [-0.2, -0.15) is 0 Å². The summed E-state index contributed by atoms with van der Waals surface area (Å²) < 4.78 is 10.6. The quantitative estimate of drug-likeness (QED) is 0.516. The highest BCUT2D eigenvalue weighted by Crippen LogP contribution is 2.17. The summed E-state index contributed by atoms with van der Waals surface area (Å²) in [7, 11) is 1.63. The van der Waals surface area contributed by atoms with Crippen LogP contribution in [0.25, 0.3) is 0 Å². The Morgan fingerprint density at radius 2 is 1.72 bits per heavy atom. The fraction of sp³-hybridized carbons (Fsp3) is 0.500. The van der Waals surface area contributed by atoms with Gasteiger partial charge in [0.2, 0.25) is 0 Å². The van der Waals surface area contributed by atoms with E-state index in [-0.39, 0.29) is 0 Å². The van der Waals surface area contributed by atoms with E-state index in [1.165, 1.54) is 0 Å². The smallest absolute Gasteiger partial charge is 0.133 e. The maximum absolute atomic E-state index is 11.4. The van der Waals surface area contributed by atoms with Crippen molar-refractivity contribution in [2.75, 3.05) is 19.0 Å². The normalized spacial score (nSPS) is 10.1. The molecule has 0 aliphatic rings.